The number of esters is 1. The Morgan fingerprint density at radius 2 is 1.76 bits per heavy atom. The Hall–Kier alpha value is -3.78. The number of para-hydroxylation sites is 1. The zero-order valence-electron chi connectivity index (χ0n) is 18.3. The van der Waals surface area contributed by atoms with Crippen LogP contribution in [0.3, 0.4) is 0 Å². The van der Waals surface area contributed by atoms with Crippen molar-refractivity contribution in [2.75, 3.05) is 11.9 Å². The van der Waals surface area contributed by atoms with Crippen molar-refractivity contribution in [3.63, 3.8) is 0 Å². The van der Waals surface area contributed by atoms with Gasteiger partial charge in [0.2, 0.25) is 5.91 Å². The second-order valence-electron chi connectivity index (χ2n) is 7.60. The standard InChI is InChI=1S/C25H23N3O4S/c1-16-20-23(33-21(16)25(31)32-14-13-18-9-5-3-6-10-18)26-15-28(24(20)30)17(2)22(29)27-19-11-7-4-8-12-19/h3-12,15,17H,13-14H2,1-2H3,(H,27,29). The number of benzene rings is 2. The number of ether oxygens (including phenoxy) is 1. The molecule has 1 amide bonds. The number of nitrogens with one attached hydrogen (secondary N) is 1. The number of hydrogen-bond donors (Lipinski definition) is 1. The van der Waals surface area contributed by atoms with Crippen LogP contribution in [0.1, 0.15) is 33.8 Å². The summed E-state index contributed by atoms with van der Waals surface area (Å²) in [5.41, 5.74) is 1.87. The first-order valence-corrected chi connectivity index (χ1v) is 11.3. The van der Waals surface area contributed by atoms with Gasteiger partial charge in [0.1, 0.15) is 15.7 Å². The van der Waals surface area contributed by atoms with E-state index in [2.05, 4.69) is 10.3 Å². The Balaban J connectivity index is 1.53. The highest BCUT2D eigenvalue weighted by molar-refractivity contribution is 7.20. The minimum atomic E-state index is -0.782. The molecule has 4 aromatic rings. The van der Waals surface area contributed by atoms with E-state index in [9.17, 15) is 14.4 Å². The first kappa shape index (κ1) is 22.4. The van der Waals surface area contributed by atoms with Crippen LogP contribution in [0.5, 0.6) is 0 Å². The van der Waals surface area contributed by atoms with E-state index in [0.717, 1.165) is 16.9 Å². The smallest absolute Gasteiger partial charge is 0.348 e. The molecule has 0 aliphatic rings. The number of rotatable bonds is 7. The third-order valence-corrected chi connectivity index (χ3v) is 6.55. The molecule has 0 saturated heterocycles. The lowest BCUT2D eigenvalue weighted by Gasteiger charge is -2.14. The first-order chi connectivity index (χ1) is 16.0. The summed E-state index contributed by atoms with van der Waals surface area (Å²) < 4.78 is 6.72. The van der Waals surface area contributed by atoms with Crippen molar-refractivity contribution < 1.29 is 14.3 Å². The molecule has 2 aromatic carbocycles. The Morgan fingerprint density at radius 1 is 1.09 bits per heavy atom. The molecule has 0 saturated carbocycles. The SMILES string of the molecule is Cc1c(C(=O)OCCc2ccccc2)sc2ncn(C(C)C(=O)Nc3ccccc3)c(=O)c12. The number of thiophene rings is 1. The van der Waals surface area contributed by atoms with Crippen LogP contribution in [0.2, 0.25) is 0 Å². The molecule has 8 heteroatoms. The van der Waals surface area contributed by atoms with Crippen molar-refractivity contribution in [1.29, 1.82) is 0 Å². The van der Waals surface area contributed by atoms with E-state index in [1.54, 1.807) is 26.0 Å². The van der Waals surface area contributed by atoms with E-state index >= 15 is 0 Å². The van der Waals surface area contributed by atoms with E-state index in [-0.39, 0.29) is 18.1 Å². The number of aryl methyl sites for hydroxylation is 1. The highest BCUT2D eigenvalue weighted by atomic mass is 32.1. The van der Waals surface area contributed by atoms with E-state index in [1.165, 1.54) is 10.9 Å². The molecule has 7 nitrogen and oxygen atoms in total. The van der Waals surface area contributed by atoms with Crippen LogP contribution < -0.4 is 10.9 Å². The number of carbonyl (C=O) groups excluding carboxylic acids is 2. The zero-order chi connectivity index (χ0) is 23.4. The largest absolute Gasteiger partial charge is 0.461 e. The fraction of sp³-hybridized carbons (Fsp3) is 0.200. The maximum Gasteiger partial charge on any atom is 0.348 e. The topological polar surface area (TPSA) is 90.3 Å². The molecule has 0 aliphatic carbocycles. The molecule has 0 bridgehead atoms. The van der Waals surface area contributed by atoms with Gasteiger partial charge in [-0.2, -0.15) is 0 Å². The number of amides is 1. The second-order valence-corrected chi connectivity index (χ2v) is 8.60. The van der Waals surface area contributed by atoms with Gasteiger partial charge in [-0.1, -0.05) is 48.5 Å². The van der Waals surface area contributed by atoms with E-state index < -0.39 is 12.0 Å². The van der Waals surface area contributed by atoms with Crippen molar-refractivity contribution in [3.05, 3.63) is 93.3 Å². The molecule has 0 fully saturated rings. The third kappa shape index (κ3) is 4.85. The van der Waals surface area contributed by atoms with Crippen LogP contribution in [0, 0.1) is 6.92 Å². The average molecular weight is 462 g/mol. The highest BCUT2D eigenvalue weighted by Crippen LogP contribution is 2.28. The quantitative estimate of drug-likeness (QED) is 0.413. The summed E-state index contributed by atoms with van der Waals surface area (Å²) in [6, 6.07) is 18.0. The highest BCUT2D eigenvalue weighted by Gasteiger charge is 2.23. The molecule has 2 heterocycles. The molecule has 4 rings (SSSR count). The van der Waals surface area contributed by atoms with Gasteiger partial charge in [0, 0.05) is 12.1 Å². The summed E-state index contributed by atoms with van der Waals surface area (Å²) in [6.07, 6.45) is 1.95. The molecule has 1 unspecified atom stereocenters. The van der Waals surface area contributed by atoms with Gasteiger partial charge in [-0.3, -0.25) is 14.2 Å². The fourth-order valence-electron chi connectivity index (χ4n) is 3.47. The molecule has 33 heavy (non-hydrogen) atoms. The van der Waals surface area contributed by atoms with Crippen molar-refractivity contribution >= 4 is 39.1 Å². The van der Waals surface area contributed by atoms with Gasteiger partial charge in [0.05, 0.1) is 18.3 Å². The van der Waals surface area contributed by atoms with Crippen LogP contribution in [0.4, 0.5) is 5.69 Å². The monoisotopic (exact) mass is 461 g/mol. The third-order valence-electron chi connectivity index (χ3n) is 5.37. The summed E-state index contributed by atoms with van der Waals surface area (Å²) >= 11 is 1.12. The minimum absolute atomic E-state index is 0.241. The van der Waals surface area contributed by atoms with Gasteiger partial charge in [0.25, 0.3) is 5.56 Å². The van der Waals surface area contributed by atoms with Crippen molar-refractivity contribution in [1.82, 2.24) is 9.55 Å². The summed E-state index contributed by atoms with van der Waals surface area (Å²) in [6.45, 7) is 3.58. The van der Waals surface area contributed by atoms with Gasteiger partial charge in [-0.05, 0) is 37.1 Å². The molecule has 0 spiro atoms. The Labute approximate surface area is 194 Å². The van der Waals surface area contributed by atoms with Gasteiger partial charge in [0.15, 0.2) is 0 Å². The molecule has 1 atom stereocenters. The van der Waals surface area contributed by atoms with Gasteiger partial charge in [-0.25, -0.2) is 9.78 Å². The maximum atomic E-state index is 13.2. The van der Waals surface area contributed by atoms with Crippen LogP contribution in [-0.4, -0.2) is 28.0 Å². The van der Waals surface area contributed by atoms with Crippen LogP contribution in [-0.2, 0) is 16.0 Å². The summed E-state index contributed by atoms with van der Waals surface area (Å²) in [4.78, 5) is 43.6. The van der Waals surface area contributed by atoms with E-state index in [1.807, 2.05) is 48.5 Å². The van der Waals surface area contributed by atoms with E-state index in [4.69, 9.17) is 4.74 Å². The Bertz CT molecular complexity index is 1350. The predicted octanol–water partition coefficient (Wildman–Crippen LogP) is 4.37. The lowest BCUT2D eigenvalue weighted by Crippen LogP contribution is -2.31. The Morgan fingerprint density at radius 3 is 2.45 bits per heavy atom. The van der Waals surface area contributed by atoms with Crippen molar-refractivity contribution in [3.8, 4) is 0 Å². The second kappa shape index (κ2) is 9.79. The van der Waals surface area contributed by atoms with Gasteiger partial charge >= 0.3 is 5.97 Å². The normalized spacial score (nSPS) is 11.8. The molecule has 2 aromatic heterocycles. The maximum absolute atomic E-state index is 13.2. The first-order valence-electron chi connectivity index (χ1n) is 10.5. The van der Waals surface area contributed by atoms with Crippen molar-refractivity contribution in [2.24, 2.45) is 0 Å². The number of hydrogen-bond acceptors (Lipinski definition) is 6. The molecule has 1 N–H and O–H groups in total. The number of carbonyl (C=O) groups is 2. The fourth-order valence-corrected chi connectivity index (χ4v) is 4.51. The summed E-state index contributed by atoms with van der Waals surface area (Å²) in [7, 11) is 0. The van der Waals surface area contributed by atoms with Crippen molar-refractivity contribution in [2.45, 2.75) is 26.3 Å². The average Bonchev–Trinajstić information content (AvgIpc) is 3.17. The number of aromatic nitrogens is 2. The molecular weight excluding hydrogens is 438 g/mol. The number of nitrogens with zero attached hydrogens (tertiary/aromatic N) is 2. The Kier molecular flexibility index (Phi) is 6.65. The van der Waals surface area contributed by atoms with E-state index in [0.29, 0.717) is 32.8 Å². The lowest BCUT2D eigenvalue weighted by molar-refractivity contribution is -0.118. The van der Waals surface area contributed by atoms with Crippen LogP contribution >= 0.6 is 11.3 Å². The molecule has 168 valence electrons. The number of anilines is 1. The van der Waals surface area contributed by atoms with Gasteiger partial charge < -0.3 is 10.1 Å². The predicted molar refractivity (Wildman–Crippen MR) is 129 cm³/mol. The number of fused-ring (bicyclic) bond motifs is 1. The van der Waals surface area contributed by atoms with Gasteiger partial charge in [-0.15, -0.1) is 11.3 Å². The minimum Gasteiger partial charge on any atom is -0.461 e. The molecule has 0 radical (unpaired) electrons. The summed E-state index contributed by atoms with van der Waals surface area (Å²) in [5, 5.41) is 3.12. The lowest BCUT2D eigenvalue weighted by atomic mass is 10.2. The van der Waals surface area contributed by atoms with Crippen LogP contribution in [0.15, 0.2) is 71.8 Å². The molecule has 0 aliphatic heterocycles. The zero-order valence-corrected chi connectivity index (χ0v) is 19.1. The summed E-state index contributed by atoms with van der Waals surface area (Å²) in [5.74, 6) is -0.815. The van der Waals surface area contributed by atoms with Crippen LogP contribution in [0.25, 0.3) is 10.2 Å². The molecular formula is C25H23N3O4S.